The van der Waals surface area contributed by atoms with Crippen LogP contribution in [0.5, 0.6) is 0 Å². The van der Waals surface area contributed by atoms with E-state index in [-0.39, 0.29) is 23.5 Å². The fourth-order valence-corrected chi connectivity index (χ4v) is 4.88. The molecule has 24 heavy (non-hydrogen) atoms. The number of hydrogen-bond acceptors (Lipinski definition) is 4. The number of amides is 1. The van der Waals surface area contributed by atoms with Crippen LogP contribution in [0.2, 0.25) is 5.02 Å². The predicted octanol–water partition coefficient (Wildman–Crippen LogP) is 1.90. The minimum atomic E-state index is -2.89. The molecule has 1 fully saturated rings. The molecular formula is C17H25ClN2O3S. The van der Waals surface area contributed by atoms with Crippen LogP contribution in [0.25, 0.3) is 0 Å². The molecule has 0 aromatic heterocycles. The van der Waals surface area contributed by atoms with Gasteiger partial charge in [-0.25, -0.2) is 8.42 Å². The van der Waals surface area contributed by atoms with Crippen LogP contribution in [-0.2, 0) is 21.1 Å². The minimum Gasteiger partial charge on any atom is -0.356 e. The van der Waals surface area contributed by atoms with Crippen molar-refractivity contribution in [1.82, 2.24) is 10.2 Å². The number of hydrogen-bond donors (Lipinski definition) is 1. The Balaban J connectivity index is 1.69. The molecule has 1 aliphatic heterocycles. The second kappa shape index (κ2) is 8.83. The maximum Gasteiger partial charge on any atom is 0.221 e. The van der Waals surface area contributed by atoms with Crippen molar-refractivity contribution in [3.8, 4) is 0 Å². The van der Waals surface area contributed by atoms with Gasteiger partial charge in [0.05, 0.1) is 11.5 Å². The molecular weight excluding hydrogens is 348 g/mol. The van der Waals surface area contributed by atoms with Crippen LogP contribution in [0, 0.1) is 0 Å². The smallest absolute Gasteiger partial charge is 0.221 e. The Morgan fingerprint density at radius 3 is 2.62 bits per heavy atom. The molecule has 1 saturated heterocycles. The van der Waals surface area contributed by atoms with Crippen LogP contribution in [0.15, 0.2) is 24.3 Å². The van der Waals surface area contributed by atoms with Crippen molar-refractivity contribution in [2.75, 3.05) is 31.1 Å². The Labute approximate surface area is 149 Å². The van der Waals surface area contributed by atoms with E-state index in [0.717, 1.165) is 18.5 Å². The molecule has 2 rings (SSSR count). The van der Waals surface area contributed by atoms with Gasteiger partial charge in [-0.15, -0.1) is 0 Å². The lowest BCUT2D eigenvalue weighted by Gasteiger charge is -2.26. The molecule has 0 bridgehead atoms. The monoisotopic (exact) mass is 372 g/mol. The van der Waals surface area contributed by atoms with Gasteiger partial charge in [0.25, 0.3) is 0 Å². The number of halogens is 1. The number of rotatable bonds is 8. The summed E-state index contributed by atoms with van der Waals surface area (Å²) < 4.78 is 23.2. The highest BCUT2D eigenvalue weighted by Gasteiger charge is 2.31. The summed E-state index contributed by atoms with van der Waals surface area (Å²) in [4.78, 5) is 14.1. The maximum atomic E-state index is 12.0. The minimum absolute atomic E-state index is 0.00303. The van der Waals surface area contributed by atoms with Crippen LogP contribution in [-0.4, -0.2) is 56.4 Å². The Morgan fingerprint density at radius 2 is 2.04 bits per heavy atom. The molecule has 1 amide bonds. The van der Waals surface area contributed by atoms with Gasteiger partial charge in [0.2, 0.25) is 5.91 Å². The molecule has 0 aliphatic carbocycles. The zero-order valence-electron chi connectivity index (χ0n) is 14.0. The summed E-state index contributed by atoms with van der Waals surface area (Å²) in [6, 6.07) is 7.64. The first-order chi connectivity index (χ1) is 11.4. The Kier molecular flexibility index (Phi) is 7.07. The van der Waals surface area contributed by atoms with Crippen LogP contribution >= 0.6 is 11.6 Å². The summed E-state index contributed by atoms with van der Waals surface area (Å²) in [6.45, 7) is 3.95. The molecule has 7 heteroatoms. The third kappa shape index (κ3) is 6.07. The molecule has 1 aromatic carbocycles. The molecule has 1 aliphatic rings. The van der Waals surface area contributed by atoms with E-state index in [9.17, 15) is 13.2 Å². The fourth-order valence-electron chi connectivity index (χ4n) is 2.99. The van der Waals surface area contributed by atoms with Crippen molar-refractivity contribution in [1.29, 1.82) is 0 Å². The number of sulfone groups is 1. The molecule has 0 spiro atoms. The summed E-state index contributed by atoms with van der Waals surface area (Å²) in [5, 5.41) is 3.62. The van der Waals surface area contributed by atoms with E-state index in [1.165, 1.54) is 0 Å². The van der Waals surface area contributed by atoms with E-state index in [1.54, 1.807) is 0 Å². The van der Waals surface area contributed by atoms with Gasteiger partial charge >= 0.3 is 0 Å². The van der Waals surface area contributed by atoms with Crippen molar-refractivity contribution < 1.29 is 13.2 Å². The van der Waals surface area contributed by atoms with E-state index in [4.69, 9.17) is 11.6 Å². The molecule has 0 radical (unpaired) electrons. The van der Waals surface area contributed by atoms with Crippen LogP contribution in [0.1, 0.15) is 25.3 Å². The maximum absolute atomic E-state index is 12.0. The third-order valence-corrected chi connectivity index (χ3v) is 6.41. The molecule has 1 aromatic rings. The second-order valence-corrected chi connectivity index (χ2v) is 8.83. The first-order valence-electron chi connectivity index (χ1n) is 8.35. The highest BCUT2D eigenvalue weighted by molar-refractivity contribution is 7.91. The van der Waals surface area contributed by atoms with Gasteiger partial charge in [-0.3, -0.25) is 9.69 Å². The lowest BCUT2D eigenvalue weighted by atomic mass is 10.1. The Hall–Kier alpha value is -1.11. The van der Waals surface area contributed by atoms with Crippen molar-refractivity contribution in [2.24, 2.45) is 0 Å². The molecule has 1 atom stereocenters. The van der Waals surface area contributed by atoms with Crippen LogP contribution < -0.4 is 5.32 Å². The highest BCUT2D eigenvalue weighted by Crippen LogP contribution is 2.17. The standard InChI is InChI=1S/C17H25ClN2O3S/c1-2-20(16-9-12-24(22,23)13-16)11-8-17(21)19-10-7-14-3-5-15(18)6-4-14/h3-6,16H,2,7-13H2,1H3,(H,19,21). The van der Waals surface area contributed by atoms with Gasteiger partial charge < -0.3 is 5.32 Å². The van der Waals surface area contributed by atoms with Crippen LogP contribution in [0.3, 0.4) is 0 Å². The number of benzene rings is 1. The van der Waals surface area contributed by atoms with Crippen LogP contribution in [0.4, 0.5) is 0 Å². The number of carbonyl (C=O) groups excluding carboxylic acids is 1. The average Bonchev–Trinajstić information content (AvgIpc) is 2.90. The first-order valence-corrected chi connectivity index (χ1v) is 10.5. The number of nitrogens with one attached hydrogen (secondary N) is 1. The molecule has 0 saturated carbocycles. The summed E-state index contributed by atoms with van der Waals surface area (Å²) in [6.07, 6.45) is 1.83. The zero-order valence-corrected chi connectivity index (χ0v) is 15.6. The predicted molar refractivity (Wildman–Crippen MR) is 97.1 cm³/mol. The molecule has 1 unspecified atom stereocenters. The van der Waals surface area contributed by atoms with E-state index in [1.807, 2.05) is 31.2 Å². The summed E-state index contributed by atoms with van der Waals surface area (Å²) >= 11 is 5.84. The normalized spacial score (nSPS) is 19.5. The first kappa shape index (κ1) is 19.2. The van der Waals surface area contributed by atoms with Gasteiger partial charge in [0, 0.05) is 30.6 Å². The molecule has 1 heterocycles. The van der Waals surface area contributed by atoms with E-state index in [2.05, 4.69) is 10.2 Å². The average molecular weight is 373 g/mol. The van der Waals surface area contributed by atoms with Gasteiger partial charge in [-0.1, -0.05) is 30.7 Å². The largest absolute Gasteiger partial charge is 0.356 e. The van der Waals surface area contributed by atoms with Gasteiger partial charge in [0.15, 0.2) is 9.84 Å². The van der Waals surface area contributed by atoms with Crippen molar-refractivity contribution >= 4 is 27.3 Å². The van der Waals surface area contributed by atoms with Crippen molar-refractivity contribution in [3.05, 3.63) is 34.9 Å². The topological polar surface area (TPSA) is 66.5 Å². The van der Waals surface area contributed by atoms with Gasteiger partial charge in [-0.05, 0) is 37.1 Å². The molecule has 5 nitrogen and oxygen atoms in total. The van der Waals surface area contributed by atoms with Gasteiger partial charge in [-0.2, -0.15) is 0 Å². The summed E-state index contributed by atoms with van der Waals surface area (Å²) in [5.41, 5.74) is 1.13. The zero-order chi connectivity index (χ0) is 17.6. The van der Waals surface area contributed by atoms with E-state index in [0.29, 0.717) is 31.0 Å². The highest BCUT2D eigenvalue weighted by atomic mass is 35.5. The Morgan fingerprint density at radius 1 is 1.33 bits per heavy atom. The number of carbonyl (C=O) groups is 1. The second-order valence-electron chi connectivity index (χ2n) is 6.16. The fraction of sp³-hybridized carbons (Fsp3) is 0.588. The lowest BCUT2D eigenvalue weighted by Crippen LogP contribution is -2.39. The quantitative estimate of drug-likeness (QED) is 0.756. The SMILES string of the molecule is CCN(CCC(=O)NCCc1ccc(Cl)cc1)C1CCS(=O)(=O)C1. The van der Waals surface area contributed by atoms with Crippen molar-refractivity contribution in [3.63, 3.8) is 0 Å². The van der Waals surface area contributed by atoms with E-state index < -0.39 is 9.84 Å². The Bertz CT molecular complexity index is 646. The van der Waals surface area contributed by atoms with Crippen molar-refractivity contribution in [2.45, 2.75) is 32.2 Å². The molecule has 134 valence electrons. The lowest BCUT2D eigenvalue weighted by molar-refractivity contribution is -0.121. The summed E-state index contributed by atoms with van der Waals surface area (Å²) in [5.74, 6) is 0.490. The molecule has 1 N–H and O–H groups in total. The van der Waals surface area contributed by atoms with Gasteiger partial charge in [0.1, 0.15) is 0 Å². The van der Waals surface area contributed by atoms with E-state index >= 15 is 0 Å². The summed E-state index contributed by atoms with van der Waals surface area (Å²) in [7, 11) is -2.89. The number of nitrogens with zero attached hydrogens (tertiary/aromatic N) is 1. The third-order valence-electron chi connectivity index (χ3n) is 4.41.